The summed E-state index contributed by atoms with van der Waals surface area (Å²) in [5.74, 6) is 0.364. The summed E-state index contributed by atoms with van der Waals surface area (Å²) in [5, 5.41) is 0. The number of carbonyl (C=O) groups is 1. The van der Waals surface area contributed by atoms with E-state index in [9.17, 15) is 4.79 Å². The second-order valence-corrected chi connectivity index (χ2v) is 5.30. The van der Waals surface area contributed by atoms with Crippen molar-refractivity contribution >= 4 is 12.0 Å². The highest BCUT2D eigenvalue weighted by atomic mass is 16.7. The van der Waals surface area contributed by atoms with Crippen LogP contribution in [0.2, 0.25) is 0 Å². The number of ether oxygens (including phenoxy) is 3. The highest BCUT2D eigenvalue weighted by Crippen LogP contribution is 2.52. The molecular formula is C19H18O4. The third-order valence-electron chi connectivity index (χ3n) is 3.89. The van der Waals surface area contributed by atoms with Crippen LogP contribution in [0.5, 0.6) is 5.75 Å². The minimum atomic E-state index is -1.06. The summed E-state index contributed by atoms with van der Waals surface area (Å²) in [5.41, 5.74) is 0.854. The second kappa shape index (κ2) is 6.26. The Morgan fingerprint density at radius 3 is 2.39 bits per heavy atom. The molecule has 118 valence electrons. The summed E-state index contributed by atoms with van der Waals surface area (Å²) in [4.78, 5) is 12.2. The third kappa shape index (κ3) is 2.98. The molecular weight excluding hydrogens is 292 g/mol. The first-order valence-electron chi connectivity index (χ1n) is 7.34. The quantitative estimate of drug-likeness (QED) is 0.627. The zero-order chi connectivity index (χ0) is 16.3. The summed E-state index contributed by atoms with van der Waals surface area (Å²) in [6.07, 6.45) is 3.30. The van der Waals surface area contributed by atoms with Gasteiger partial charge in [-0.1, -0.05) is 48.5 Å². The Hall–Kier alpha value is -2.59. The molecule has 3 rings (SSSR count). The molecule has 1 heterocycles. The number of benzene rings is 2. The first-order valence-corrected chi connectivity index (χ1v) is 7.34. The molecule has 2 atom stereocenters. The van der Waals surface area contributed by atoms with Crippen LogP contribution in [0, 0.1) is 0 Å². The summed E-state index contributed by atoms with van der Waals surface area (Å²) in [7, 11) is 2.98. The Bertz CT molecular complexity index is 706. The largest absolute Gasteiger partial charge is 0.497 e. The summed E-state index contributed by atoms with van der Waals surface area (Å²) >= 11 is 0. The van der Waals surface area contributed by atoms with E-state index in [1.165, 1.54) is 7.11 Å². The molecule has 1 aliphatic heterocycles. The van der Waals surface area contributed by atoms with Crippen LogP contribution in [0.3, 0.4) is 0 Å². The summed E-state index contributed by atoms with van der Waals surface area (Å²) in [6.45, 7) is 0. The van der Waals surface area contributed by atoms with Crippen molar-refractivity contribution in [2.45, 2.75) is 11.7 Å². The van der Waals surface area contributed by atoms with Crippen molar-refractivity contribution in [2.75, 3.05) is 14.2 Å². The second-order valence-electron chi connectivity index (χ2n) is 5.30. The number of esters is 1. The maximum Gasteiger partial charge on any atom is 0.345 e. The average molecular weight is 310 g/mol. The number of carbonyl (C=O) groups excluding carboxylic acids is 1. The third-order valence-corrected chi connectivity index (χ3v) is 3.89. The predicted octanol–water partition coefficient (Wildman–Crippen LogP) is 3.39. The van der Waals surface area contributed by atoms with Crippen molar-refractivity contribution in [3.8, 4) is 5.75 Å². The van der Waals surface area contributed by atoms with E-state index in [1.54, 1.807) is 13.2 Å². The Labute approximate surface area is 135 Å². The average Bonchev–Trinajstić information content (AvgIpc) is 3.36. The lowest BCUT2D eigenvalue weighted by molar-refractivity contribution is -0.144. The van der Waals surface area contributed by atoms with Crippen LogP contribution in [0.1, 0.15) is 17.2 Å². The standard InChI is InChI=1S/C19H18O4/c1-21-16-10-8-15(9-11-16)17-19(23-17,18(20)22-2)13-12-14-6-4-3-5-7-14/h3-13,17H,1-2H3/b13-12+/t17-,19-/m1/s1. The smallest absolute Gasteiger partial charge is 0.345 e. The van der Waals surface area contributed by atoms with E-state index < -0.39 is 11.6 Å². The molecule has 1 aliphatic rings. The van der Waals surface area contributed by atoms with Crippen LogP contribution in [0.25, 0.3) is 6.08 Å². The van der Waals surface area contributed by atoms with Gasteiger partial charge in [-0.05, 0) is 29.3 Å². The van der Waals surface area contributed by atoms with Gasteiger partial charge in [0.2, 0.25) is 5.60 Å². The predicted molar refractivity (Wildman–Crippen MR) is 87.0 cm³/mol. The Morgan fingerprint density at radius 2 is 1.78 bits per heavy atom. The fourth-order valence-corrected chi connectivity index (χ4v) is 2.55. The van der Waals surface area contributed by atoms with E-state index in [-0.39, 0.29) is 6.10 Å². The van der Waals surface area contributed by atoms with Crippen LogP contribution < -0.4 is 4.74 Å². The monoisotopic (exact) mass is 310 g/mol. The maximum atomic E-state index is 12.2. The van der Waals surface area contributed by atoms with Gasteiger partial charge in [-0.2, -0.15) is 0 Å². The molecule has 0 amide bonds. The van der Waals surface area contributed by atoms with E-state index in [0.717, 1.165) is 16.9 Å². The number of hydrogen-bond acceptors (Lipinski definition) is 4. The molecule has 0 aromatic heterocycles. The van der Waals surface area contributed by atoms with Crippen molar-refractivity contribution in [3.63, 3.8) is 0 Å². The first-order chi connectivity index (χ1) is 11.2. The van der Waals surface area contributed by atoms with Gasteiger partial charge in [0.1, 0.15) is 11.9 Å². The summed E-state index contributed by atoms with van der Waals surface area (Å²) in [6, 6.07) is 17.2. The Balaban J connectivity index is 1.85. The van der Waals surface area contributed by atoms with Gasteiger partial charge >= 0.3 is 5.97 Å². The van der Waals surface area contributed by atoms with Crippen molar-refractivity contribution in [3.05, 3.63) is 71.8 Å². The van der Waals surface area contributed by atoms with Gasteiger partial charge in [0.15, 0.2) is 0 Å². The highest BCUT2D eigenvalue weighted by molar-refractivity contribution is 5.87. The molecule has 2 aromatic rings. The Morgan fingerprint density at radius 1 is 1.09 bits per heavy atom. The van der Waals surface area contributed by atoms with Crippen LogP contribution in [0.4, 0.5) is 0 Å². The van der Waals surface area contributed by atoms with Crippen molar-refractivity contribution in [1.29, 1.82) is 0 Å². The van der Waals surface area contributed by atoms with Gasteiger partial charge in [-0.25, -0.2) is 4.79 Å². The minimum Gasteiger partial charge on any atom is -0.497 e. The van der Waals surface area contributed by atoms with E-state index in [4.69, 9.17) is 14.2 Å². The SMILES string of the molecule is COC(=O)[C@]1(/C=C/c2ccccc2)O[C@@H]1c1ccc(OC)cc1. The minimum absolute atomic E-state index is 0.346. The van der Waals surface area contributed by atoms with Gasteiger partial charge in [0.05, 0.1) is 14.2 Å². The van der Waals surface area contributed by atoms with Gasteiger partial charge < -0.3 is 14.2 Å². The van der Waals surface area contributed by atoms with Gasteiger partial charge in [-0.15, -0.1) is 0 Å². The number of epoxide rings is 1. The van der Waals surface area contributed by atoms with Gasteiger partial charge in [0, 0.05) is 0 Å². The summed E-state index contributed by atoms with van der Waals surface area (Å²) < 4.78 is 15.8. The zero-order valence-electron chi connectivity index (χ0n) is 13.1. The molecule has 0 unspecified atom stereocenters. The van der Waals surface area contributed by atoms with Crippen LogP contribution in [-0.2, 0) is 14.3 Å². The topological polar surface area (TPSA) is 48.1 Å². The van der Waals surface area contributed by atoms with Crippen molar-refractivity contribution in [1.82, 2.24) is 0 Å². The molecule has 4 heteroatoms. The fraction of sp³-hybridized carbons (Fsp3) is 0.211. The normalized spacial score (nSPS) is 22.8. The van der Waals surface area contributed by atoms with E-state index in [1.807, 2.05) is 60.7 Å². The molecule has 0 aliphatic carbocycles. The molecule has 23 heavy (non-hydrogen) atoms. The van der Waals surface area contributed by atoms with Crippen LogP contribution in [0.15, 0.2) is 60.7 Å². The van der Waals surface area contributed by atoms with Crippen molar-refractivity contribution < 1.29 is 19.0 Å². The molecule has 0 bridgehead atoms. The molecule has 0 spiro atoms. The molecule has 0 N–H and O–H groups in total. The fourth-order valence-electron chi connectivity index (χ4n) is 2.55. The number of rotatable bonds is 5. The molecule has 0 saturated carbocycles. The van der Waals surface area contributed by atoms with Crippen LogP contribution >= 0.6 is 0 Å². The Kier molecular flexibility index (Phi) is 4.17. The van der Waals surface area contributed by atoms with E-state index >= 15 is 0 Å². The molecule has 1 saturated heterocycles. The molecule has 2 aromatic carbocycles. The van der Waals surface area contributed by atoms with E-state index in [2.05, 4.69) is 0 Å². The molecule has 4 nitrogen and oxygen atoms in total. The lowest BCUT2D eigenvalue weighted by Gasteiger charge is -2.06. The van der Waals surface area contributed by atoms with Gasteiger partial charge in [0.25, 0.3) is 0 Å². The van der Waals surface area contributed by atoms with Crippen LogP contribution in [-0.4, -0.2) is 25.8 Å². The molecule has 1 fully saturated rings. The highest BCUT2D eigenvalue weighted by Gasteiger charge is 2.62. The van der Waals surface area contributed by atoms with Crippen molar-refractivity contribution in [2.24, 2.45) is 0 Å². The lowest BCUT2D eigenvalue weighted by Crippen LogP contribution is -2.24. The zero-order valence-corrected chi connectivity index (χ0v) is 13.1. The number of methoxy groups -OCH3 is 2. The maximum absolute atomic E-state index is 12.2. The van der Waals surface area contributed by atoms with E-state index in [0.29, 0.717) is 0 Å². The molecule has 0 radical (unpaired) electrons. The van der Waals surface area contributed by atoms with Gasteiger partial charge in [-0.3, -0.25) is 0 Å². The number of hydrogen-bond donors (Lipinski definition) is 0. The lowest BCUT2D eigenvalue weighted by atomic mass is 9.98. The first kappa shape index (κ1) is 15.3.